The molecule has 2 aromatic carbocycles. The Balaban J connectivity index is 2.33. The van der Waals surface area contributed by atoms with Gasteiger partial charge in [-0.1, -0.05) is 80.6 Å². The number of hydrogen-bond acceptors (Lipinski definition) is 10. The Hall–Kier alpha value is -4.76. The van der Waals surface area contributed by atoms with E-state index in [9.17, 15) is 32.4 Å². The van der Waals surface area contributed by atoms with E-state index in [1.165, 1.54) is 6.08 Å². The summed E-state index contributed by atoms with van der Waals surface area (Å²) in [5.41, 5.74) is -0.212. The third kappa shape index (κ3) is 19.4. The topological polar surface area (TPSA) is 195 Å². The lowest BCUT2D eigenvalue weighted by atomic mass is 10.00. The van der Waals surface area contributed by atoms with Gasteiger partial charge < -0.3 is 35.5 Å². The van der Waals surface area contributed by atoms with Crippen molar-refractivity contribution in [2.45, 2.75) is 117 Å². The van der Waals surface area contributed by atoms with Gasteiger partial charge in [-0.25, -0.2) is 13.2 Å². The molecule has 15 heteroatoms. The van der Waals surface area contributed by atoms with Crippen LogP contribution in [0.25, 0.3) is 0 Å². The Morgan fingerprint density at radius 2 is 1.36 bits per heavy atom. The minimum Gasteiger partial charge on any atom is -0.460 e. The second-order valence-corrected chi connectivity index (χ2v) is 17.4. The van der Waals surface area contributed by atoms with Crippen molar-refractivity contribution >= 4 is 39.6 Å². The largest absolute Gasteiger partial charge is 0.460 e. The number of sulfone groups is 1. The number of carbonyl (C=O) groups excluding carboxylic acids is 5. The Bertz CT molecular complexity index is 1700. The maximum atomic E-state index is 14.0. The highest BCUT2D eigenvalue weighted by Crippen LogP contribution is 2.17. The van der Waals surface area contributed by atoms with Crippen LogP contribution in [0.1, 0.15) is 91.8 Å². The molecule has 2 aromatic rings. The van der Waals surface area contributed by atoms with Crippen LogP contribution < -0.4 is 21.3 Å². The number of amides is 4. The standard InChI is InChI=1S/C40H58N4O10S/c1-27(2)33(36(47)41-30(22-24-55(9,50)51)21-16-23-53-39(3,4)5)43-37(48)34(29-19-14-11-15-20-29)44-35(46)31(25-32(45)54-40(6,7)8)42-38(49)52-26-28-17-12-10-13-18-28/h10-15,17-20,22,24,27,30-31,33-34H,16,21,23,25-26H2,1-9H3,(H,41,47)(H,42,49)(H,43,48)(H,44,46)/b24-22+/t30-,31-,33-,34-/m0/s1. The molecule has 4 amide bonds. The van der Waals surface area contributed by atoms with E-state index >= 15 is 0 Å². The second kappa shape index (κ2) is 21.4. The van der Waals surface area contributed by atoms with Crippen molar-refractivity contribution in [2.75, 3.05) is 12.9 Å². The normalized spacial score (nSPS) is 14.3. The number of alkyl carbamates (subject to hydrolysis) is 1. The van der Waals surface area contributed by atoms with Gasteiger partial charge in [0.05, 0.1) is 12.0 Å². The summed E-state index contributed by atoms with van der Waals surface area (Å²) in [7, 11) is -3.50. The van der Waals surface area contributed by atoms with Crippen LogP contribution in [0.3, 0.4) is 0 Å². The van der Waals surface area contributed by atoms with Crippen molar-refractivity contribution in [3.63, 3.8) is 0 Å². The summed E-state index contributed by atoms with van der Waals surface area (Å²) < 4.78 is 40.3. The highest BCUT2D eigenvalue weighted by molar-refractivity contribution is 7.93. The molecule has 0 saturated heterocycles. The molecule has 0 spiro atoms. The molecule has 0 fully saturated rings. The zero-order chi connectivity index (χ0) is 41.4. The van der Waals surface area contributed by atoms with E-state index in [0.717, 1.165) is 11.7 Å². The Morgan fingerprint density at radius 1 is 0.764 bits per heavy atom. The molecular weight excluding hydrogens is 729 g/mol. The lowest BCUT2D eigenvalue weighted by Crippen LogP contribution is -2.56. The highest BCUT2D eigenvalue weighted by Gasteiger charge is 2.34. The van der Waals surface area contributed by atoms with Crippen molar-refractivity contribution < 1.29 is 46.6 Å². The second-order valence-electron chi connectivity index (χ2n) is 15.5. The predicted octanol–water partition coefficient (Wildman–Crippen LogP) is 4.65. The summed E-state index contributed by atoms with van der Waals surface area (Å²) >= 11 is 0. The van der Waals surface area contributed by atoms with E-state index in [0.29, 0.717) is 30.6 Å². The molecule has 4 atom stereocenters. The van der Waals surface area contributed by atoms with E-state index in [4.69, 9.17) is 14.2 Å². The Labute approximate surface area is 325 Å². The molecule has 0 aliphatic rings. The van der Waals surface area contributed by atoms with Gasteiger partial charge in [0.2, 0.25) is 17.7 Å². The fourth-order valence-electron chi connectivity index (χ4n) is 5.03. The molecule has 304 valence electrons. The van der Waals surface area contributed by atoms with E-state index in [1.807, 2.05) is 26.8 Å². The van der Waals surface area contributed by atoms with Crippen LogP contribution >= 0.6 is 0 Å². The maximum absolute atomic E-state index is 14.0. The fourth-order valence-corrected chi connectivity index (χ4v) is 5.51. The Kier molecular flexibility index (Phi) is 18.0. The number of nitrogens with one attached hydrogen (secondary N) is 4. The summed E-state index contributed by atoms with van der Waals surface area (Å²) in [5.74, 6) is -3.44. The maximum Gasteiger partial charge on any atom is 0.408 e. The van der Waals surface area contributed by atoms with Crippen molar-refractivity contribution in [3.8, 4) is 0 Å². The third-order valence-electron chi connectivity index (χ3n) is 7.62. The number of benzene rings is 2. The van der Waals surface area contributed by atoms with Gasteiger partial charge in [0.15, 0.2) is 9.84 Å². The number of esters is 1. The molecule has 0 radical (unpaired) electrons. The van der Waals surface area contributed by atoms with E-state index < -0.39 is 81.7 Å². The van der Waals surface area contributed by atoms with E-state index in [-0.39, 0.29) is 12.2 Å². The van der Waals surface area contributed by atoms with Gasteiger partial charge in [0.1, 0.15) is 30.3 Å². The van der Waals surface area contributed by atoms with Gasteiger partial charge in [-0.15, -0.1) is 0 Å². The van der Waals surface area contributed by atoms with Crippen LogP contribution in [-0.4, -0.2) is 80.4 Å². The van der Waals surface area contributed by atoms with Crippen molar-refractivity contribution in [1.82, 2.24) is 21.3 Å². The lowest BCUT2D eigenvalue weighted by molar-refractivity contribution is -0.156. The number of carbonyl (C=O) groups is 5. The first-order valence-corrected chi connectivity index (χ1v) is 20.2. The first-order chi connectivity index (χ1) is 25.5. The summed E-state index contributed by atoms with van der Waals surface area (Å²) in [4.78, 5) is 67.4. The molecule has 0 heterocycles. The van der Waals surface area contributed by atoms with Crippen molar-refractivity contribution in [3.05, 3.63) is 83.3 Å². The van der Waals surface area contributed by atoms with Crippen molar-refractivity contribution in [1.29, 1.82) is 0 Å². The minimum atomic E-state index is -3.50. The van der Waals surface area contributed by atoms with Gasteiger partial charge in [-0.05, 0) is 71.4 Å². The zero-order valence-corrected chi connectivity index (χ0v) is 34.2. The van der Waals surface area contributed by atoms with Gasteiger partial charge in [-0.3, -0.25) is 19.2 Å². The van der Waals surface area contributed by atoms with Crippen LogP contribution in [0.5, 0.6) is 0 Å². The van der Waals surface area contributed by atoms with Gasteiger partial charge in [0.25, 0.3) is 0 Å². The third-order valence-corrected chi connectivity index (χ3v) is 8.27. The number of rotatable bonds is 19. The van der Waals surface area contributed by atoms with Crippen molar-refractivity contribution in [2.24, 2.45) is 5.92 Å². The average Bonchev–Trinajstić information content (AvgIpc) is 3.07. The first kappa shape index (κ1) is 46.4. The number of hydrogen-bond donors (Lipinski definition) is 4. The first-order valence-electron chi connectivity index (χ1n) is 18.2. The van der Waals surface area contributed by atoms with Gasteiger partial charge >= 0.3 is 12.1 Å². The zero-order valence-electron chi connectivity index (χ0n) is 33.3. The molecule has 0 aliphatic heterocycles. The summed E-state index contributed by atoms with van der Waals surface area (Å²) in [6.45, 7) is 14.4. The molecule has 0 bridgehead atoms. The monoisotopic (exact) mass is 786 g/mol. The van der Waals surface area contributed by atoms with E-state index in [1.54, 1.807) is 89.2 Å². The predicted molar refractivity (Wildman–Crippen MR) is 209 cm³/mol. The van der Waals surface area contributed by atoms with Crippen LogP contribution in [0.4, 0.5) is 4.79 Å². The summed E-state index contributed by atoms with van der Waals surface area (Å²) in [5, 5.41) is 11.7. The molecule has 14 nitrogen and oxygen atoms in total. The van der Waals surface area contributed by atoms with Gasteiger partial charge in [-0.2, -0.15) is 0 Å². The fraction of sp³-hybridized carbons (Fsp3) is 0.525. The van der Waals surface area contributed by atoms with E-state index in [2.05, 4.69) is 21.3 Å². The van der Waals surface area contributed by atoms with Crippen LogP contribution in [0.2, 0.25) is 0 Å². The average molecular weight is 787 g/mol. The van der Waals surface area contributed by atoms with Gasteiger partial charge in [0, 0.05) is 24.3 Å². The minimum absolute atomic E-state index is 0.100. The molecule has 55 heavy (non-hydrogen) atoms. The molecule has 2 rings (SSSR count). The van der Waals surface area contributed by atoms with Crippen LogP contribution in [0, 0.1) is 5.92 Å². The Morgan fingerprint density at radius 3 is 1.91 bits per heavy atom. The smallest absolute Gasteiger partial charge is 0.408 e. The molecular formula is C40H58N4O10S. The molecule has 0 aliphatic carbocycles. The molecule has 0 saturated carbocycles. The summed E-state index contributed by atoms with van der Waals surface area (Å²) in [6, 6.07) is 12.4. The highest BCUT2D eigenvalue weighted by atomic mass is 32.2. The van der Waals surface area contributed by atoms with Crippen LogP contribution in [-0.2, 0) is 49.8 Å². The molecule has 0 aromatic heterocycles. The molecule has 4 N–H and O–H groups in total. The lowest BCUT2D eigenvalue weighted by Gasteiger charge is -2.28. The quantitative estimate of drug-likeness (QED) is 0.115. The number of ether oxygens (including phenoxy) is 3. The summed E-state index contributed by atoms with van der Waals surface area (Å²) in [6.07, 6.45) is 1.74. The SMILES string of the molecule is CC(C)[C@H](NC(=O)[C@@H](NC(=O)[C@H](CC(=O)OC(C)(C)C)NC(=O)OCc1ccccc1)c1ccccc1)C(=O)N[C@H](/C=C/S(C)(=O)=O)CCCOC(C)(C)C. The molecule has 0 unspecified atom stereocenters. The van der Waals surface area contributed by atoms with Crippen LogP contribution in [0.15, 0.2) is 72.1 Å².